The maximum atomic E-state index is 12.7. The highest BCUT2D eigenvalue weighted by Crippen LogP contribution is 2.45. The van der Waals surface area contributed by atoms with Crippen LogP contribution in [0.3, 0.4) is 0 Å². The van der Waals surface area contributed by atoms with E-state index in [1.807, 2.05) is 0 Å². The molecule has 0 saturated carbocycles. The molecule has 0 aliphatic heterocycles. The molecule has 2 aromatic rings. The molecular weight excluding hydrogens is 439 g/mol. The van der Waals surface area contributed by atoms with Crippen molar-refractivity contribution in [2.24, 2.45) is 11.3 Å². The standard InChI is InChI=1S/C23H26Cl2N2O2S/c1-5-23(3,4)14-6-8-16-17(12-26)22(30-20(16)10-14)27-21(28)13(2)29-19-9-7-15(24)11-18(19)25/h7,9,11,13-14H,5-6,8,10H2,1-4H3,(H,27,28)/t13-,14+/m0/s1. The number of amides is 1. The van der Waals surface area contributed by atoms with Crippen LogP contribution in [0.15, 0.2) is 18.2 Å². The van der Waals surface area contributed by atoms with E-state index < -0.39 is 6.10 Å². The quantitative estimate of drug-likeness (QED) is 0.506. The molecule has 0 radical (unpaired) electrons. The van der Waals surface area contributed by atoms with Gasteiger partial charge in [-0.05, 0) is 61.3 Å². The minimum atomic E-state index is -0.777. The monoisotopic (exact) mass is 464 g/mol. The van der Waals surface area contributed by atoms with Gasteiger partial charge in [0.25, 0.3) is 5.91 Å². The lowest BCUT2D eigenvalue weighted by molar-refractivity contribution is -0.122. The first-order valence-electron chi connectivity index (χ1n) is 10.1. The molecule has 1 heterocycles. The molecule has 2 atom stereocenters. The van der Waals surface area contributed by atoms with Crippen molar-refractivity contribution in [1.82, 2.24) is 0 Å². The smallest absolute Gasteiger partial charge is 0.265 e. The fourth-order valence-corrected chi connectivity index (χ4v) is 5.51. The summed E-state index contributed by atoms with van der Waals surface area (Å²) in [5, 5.41) is 14.1. The predicted molar refractivity (Wildman–Crippen MR) is 124 cm³/mol. The lowest BCUT2D eigenvalue weighted by Crippen LogP contribution is -2.30. The maximum absolute atomic E-state index is 12.7. The van der Waals surface area contributed by atoms with Crippen molar-refractivity contribution >= 4 is 45.4 Å². The largest absolute Gasteiger partial charge is 0.479 e. The Morgan fingerprint density at radius 2 is 2.17 bits per heavy atom. The summed E-state index contributed by atoms with van der Waals surface area (Å²) in [5.41, 5.74) is 1.95. The molecule has 4 nitrogen and oxygen atoms in total. The van der Waals surface area contributed by atoms with Gasteiger partial charge in [-0.1, -0.05) is 50.4 Å². The summed E-state index contributed by atoms with van der Waals surface area (Å²) < 4.78 is 5.71. The Hall–Kier alpha value is -1.74. The molecule has 160 valence electrons. The third-order valence-corrected chi connectivity index (χ3v) is 7.90. The maximum Gasteiger partial charge on any atom is 0.265 e. The number of nitriles is 1. The number of ether oxygens (including phenoxy) is 1. The Morgan fingerprint density at radius 3 is 2.80 bits per heavy atom. The van der Waals surface area contributed by atoms with E-state index in [1.54, 1.807) is 25.1 Å². The molecule has 7 heteroatoms. The van der Waals surface area contributed by atoms with Crippen LogP contribution in [0.2, 0.25) is 10.0 Å². The van der Waals surface area contributed by atoms with Crippen molar-refractivity contribution < 1.29 is 9.53 Å². The van der Waals surface area contributed by atoms with Crippen molar-refractivity contribution in [3.63, 3.8) is 0 Å². The number of carbonyl (C=O) groups excluding carboxylic acids is 1. The van der Waals surface area contributed by atoms with Gasteiger partial charge in [0.15, 0.2) is 6.10 Å². The van der Waals surface area contributed by atoms with E-state index in [-0.39, 0.29) is 11.3 Å². The van der Waals surface area contributed by atoms with E-state index >= 15 is 0 Å². The molecular formula is C23H26Cl2N2O2S. The highest BCUT2D eigenvalue weighted by Gasteiger charge is 2.34. The van der Waals surface area contributed by atoms with E-state index in [0.717, 1.165) is 31.2 Å². The molecule has 1 amide bonds. The van der Waals surface area contributed by atoms with E-state index in [2.05, 4.69) is 32.2 Å². The zero-order valence-corrected chi connectivity index (χ0v) is 20.0. The van der Waals surface area contributed by atoms with Crippen molar-refractivity contribution in [3.05, 3.63) is 44.2 Å². The summed E-state index contributed by atoms with van der Waals surface area (Å²) in [4.78, 5) is 14.0. The molecule has 0 bridgehead atoms. The third-order valence-electron chi connectivity index (χ3n) is 6.20. The average Bonchev–Trinajstić information content (AvgIpc) is 3.05. The number of fused-ring (bicyclic) bond motifs is 1. The number of hydrogen-bond donors (Lipinski definition) is 1. The Labute approximate surface area is 192 Å². The summed E-state index contributed by atoms with van der Waals surface area (Å²) in [6.07, 6.45) is 3.25. The van der Waals surface area contributed by atoms with Crippen LogP contribution in [0, 0.1) is 22.7 Å². The molecule has 1 aromatic carbocycles. The van der Waals surface area contributed by atoms with Crippen LogP contribution < -0.4 is 10.1 Å². The van der Waals surface area contributed by atoms with Gasteiger partial charge in [0.1, 0.15) is 16.8 Å². The highest BCUT2D eigenvalue weighted by atomic mass is 35.5. The second kappa shape index (κ2) is 9.18. The topological polar surface area (TPSA) is 62.1 Å². The van der Waals surface area contributed by atoms with Gasteiger partial charge >= 0.3 is 0 Å². The van der Waals surface area contributed by atoms with Gasteiger partial charge in [-0.2, -0.15) is 5.26 Å². The number of rotatable bonds is 6. The molecule has 1 N–H and O–H groups in total. The molecule has 1 aliphatic rings. The first kappa shape index (κ1) is 22.9. The second-order valence-corrected chi connectivity index (χ2v) is 10.4. The zero-order valence-electron chi connectivity index (χ0n) is 17.6. The van der Waals surface area contributed by atoms with Crippen molar-refractivity contribution in [2.75, 3.05) is 5.32 Å². The Kier molecular flexibility index (Phi) is 7.02. The van der Waals surface area contributed by atoms with E-state index in [0.29, 0.717) is 32.3 Å². The van der Waals surface area contributed by atoms with Gasteiger partial charge < -0.3 is 10.1 Å². The van der Waals surface area contributed by atoms with Gasteiger partial charge in [-0.25, -0.2) is 0 Å². The molecule has 1 aliphatic carbocycles. The first-order chi connectivity index (χ1) is 14.2. The summed E-state index contributed by atoms with van der Waals surface area (Å²) >= 11 is 13.6. The van der Waals surface area contributed by atoms with Crippen molar-refractivity contribution in [3.8, 4) is 11.8 Å². The van der Waals surface area contributed by atoms with Crippen molar-refractivity contribution in [1.29, 1.82) is 5.26 Å². The number of thiophene rings is 1. The highest BCUT2D eigenvalue weighted by molar-refractivity contribution is 7.16. The number of nitrogens with one attached hydrogen (secondary N) is 1. The summed E-state index contributed by atoms with van der Waals surface area (Å²) in [5.74, 6) is 0.652. The lowest BCUT2D eigenvalue weighted by atomic mass is 9.69. The Morgan fingerprint density at radius 1 is 1.43 bits per heavy atom. The van der Waals surface area contributed by atoms with E-state index in [1.165, 1.54) is 16.2 Å². The molecule has 0 spiro atoms. The average molecular weight is 465 g/mol. The molecule has 1 aromatic heterocycles. The second-order valence-electron chi connectivity index (χ2n) is 8.43. The Bertz CT molecular complexity index is 994. The van der Waals surface area contributed by atoms with Crippen molar-refractivity contribution in [2.45, 2.75) is 59.5 Å². The number of carbonyl (C=O) groups is 1. The van der Waals surface area contributed by atoms with E-state index in [4.69, 9.17) is 27.9 Å². The number of nitrogens with zero attached hydrogens (tertiary/aromatic N) is 1. The summed E-state index contributed by atoms with van der Waals surface area (Å²) in [7, 11) is 0. The van der Waals surface area contributed by atoms with Crippen LogP contribution in [0.4, 0.5) is 5.00 Å². The van der Waals surface area contributed by atoms with Gasteiger partial charge in [-0.15, -0.1) is 11.3 Å². The van der Waals surface area contributed by atoms with Crippen LogP contribution in [-0.4, -0.2) is 12.0 Å². The zero-order chi connectivity index (χ0) is 22.1. The first-order valence-corrected chi connectivity index (χ1v) is 11.7. The fourth-order valence-electron chi connectivity index (χ4n) is 3.78. The molecule has 0 saturated heterocycles. The van der Waals surface area contributed by atoms with Gasteiger partial charge in [-0.3, -0.25) is 4.79 Å². The van der Waals surface area contributed by atoms with Crippen LogP contribution in [0.1, 0.15) is 56.5 Å². The molecule has 0 fully saturated rings. The molecule has 0 unspecified atom stereocenters. The number of anilines is 1. The SMILES string of the molecule is CCC(C)(C)[C@@H]1CCc2c(sc(NC(=O)[C@H](C)Oc3ccc(Cl)cc3Cl)c2C#N)C1. The third kappa shape index (κ3) is 4.77. The normalized spacial score (nSPS) is 17.0. The minimum Gasteiger partial charge on any atom is -0.479 e. The molecule has 3 rings (SSSR count). The number of benzene rings is 1. The van der Waals surface area contributed by atoms with Crippen LogP contribution in [0.25, 0.3) is 0 Å². The minimum absolute atomic E-state index is 0.262. The fraction of sp³-hybridized carbons (Fsp3) is 0.478. The van der Waals surface area contributed by atoms with Crippen LogP contribution in [-0.2, 0) is 17.6 Å². The predicted octanol–water partition coefficient (Wildman–Crippen LogP) is 6.87. The van der Waals surface area contributed by atoms with E-state index in [9.17, 15) is 10.1 Å². The van der Waals surface area contributed by atoms with Gasteiger partial charge in [0.2, 0.25) is 0 Å². The van der Waals surface area contributed by atoms with Crippen LogP contribution in [0.5, 0.6) is 5.75 Å². The van der Waals surface area contributed by atoms with Gasteiger partial charge in [0, 0.05) is 9.90 Å². The lowest BCUT2D eigenvalue weighted by Gasteiger charge is -2.36. The van der Waals surface area contributed by atoms with Crippen LogP contribution >= 0.6 is 34.5 Å². The van der Waals surface area contributed by atoms with Gasteiger partial charge in [0.05, 0.1) is 10.6 Å². The number of hydrogen-bond acceptors (Lipinski definition) is 4. The Balaban J connectivity index is 1.75. The summed E-state index contributed by atoms with van der Waals surface area (Å²) in [6, 6.07) is 7.16. The molecule has 30 heavy (non-hydrogen) atoms. The number of halogens is 2. The summed E-state index contributed by atoms with van der Waals surface area (Å²) in [6.45, 7) is 8.50.